The van der Waals surface area contributed by atoms with Gasteiger partial charge in [0, 0.05) is 10.5 Å². The Morgan fingerprint density at radius 1 is 1.28 bits per heavy atom. The van der Waals surface area contributed by atoms with Gasteiger partial charge in [-0.3, -0.25) is 0 Å². The second kappa shape index (κ2) is 6.69. The van der Waals surface area contributed by atoms with Crippen LogP contribution in [0.25, 0.3) is 0 Å². The zero-order valence-corrected chi connectivity index (χ0v) is 12.5. The summed E-state index contributed by atoms with van der Waals surface area (Å²) in [4.78, 5) is 0. The molecule has 2 atom stereocenters. The van der Waals surface area contributed by atoms with Gasteiger partial charge in [-0.05, 0) is 37.0 Å². The van der Waals surface area contributed by atoms with Gasteiger partial charge in [0.15, 0.2) is 0 Å². The van der Waals surface area contributed by atoms with E-state index in [1.165, 1.54) is 31.2 Å². The van der Waals surface area contributed by atoms with E-state index in [1.54, 1.807) is 0 Å². The van der Waals surface area contributed by atoms with E-state index in [0.717, 1.165) is 10.9 Å². The number of benzene rings is 1. The highest BCUT2D eigenvalue weighted by molar-refractivity contribution is 9.10. The van der Waals surface area contributed by atoms with Crippen molar-refractivity contribution < 1.29 is 4.74 Å². The van der Waals surface area contributed by atoms with Crippen LogP contribution in [0.15, 0.2) is 28.7 Å². The lowest BCUT2D eigenvalue weighted by molar-refractivity contribution is -0.0237. The van der Waals surface area contributed by atoms with Gasteiger partial charge in [-0.1, -0.05) is 47.8 Å². The van der Waals surface area contributed by atoms with Crippen molar-refractivity contribution in [3.63, 3.8) is 0 Å². The summed E-state index contributed by atoms with van der Waals surface area (Å²) in [5.41, 5.74) is 7.42. The summed E-state index contributed by atoms with van der Waals surface area (Å²) < 4.78 is 7.34. The largest absolute Gasteiger partial charge is 0.369 e. The van der Waals surface area contributed by atoms with E-state index >= 15 is 0 Å². The van der Waals surface area contributed by atoms with E-state index in [4.69, 9.17) is 10.5 Å². The molecule has 3 heteroatoms. The molecule has 0 radical (unpaired) electrons. The molecule has 2 rings (SSSR count). The van der Waals surface area contributed by atoms with E-state index in [-0.39, 0.29) is 12.1 Å². The van der Waals surface area contributed by atoms with Crippen molar-refractivity contribution in [2.45, 2.75) is 57.3 Å². The van der Waals surface area contributed by atoms with Gasteiger partial charge in [0.25, 0.3) is 0 Å². The molecule has 0 bridgehead atoms. The Kier molecular flexibility index (Phi) is 5.22. The molecule has 0 heterocycles. The van der Waals surface area contributed by atoms with Crippen LogP contribution in [-0.4, -0.2) is 12.1 Å². The maximum atomic E-state index is 6.25. The molecule has 1 aromatic rings. The Hall–Kier alpha value is -0.380. The molecule has 1 saturated carbocycles. The Morgan fingerprint density at radius 2 is 1.89 bits per heavy atom. The normalized spacial score (nSPS) is 19.9. The minimum Gasteiger partial charge on any atom is -0.369 e. The van der Waals surface area contributed by atoms with Crippen LogP contribution < -0.4 is 5.73 Å². The fourth-order valence-electron chi connectivity index (χ4n) is 2.52. The molecule has 0 saturated heterocycles. The monoisotopic (exact) mass is 311 g/mol. The number of ether oxygens (including phenoxy) is 1. The molecule has 0 aromatic heterocycles. The van der Waals surface area contributed by atoms with Crippen molar-refractivity contribution in [3.05, 3.63) is 34.3 Å². The van der Waals surface area contributed by atoms with Gasteiger partial charge < -0.3 is 10.5 Å². The number of hydrogen-bond donors (Lipinski definition) is 1. The van der Waals surface area contributed by atoms with Gasteiger partial charge in [0.1, 0.15) is 0 Å². The van der Waals surface area contributed by atoms with E-state index < -0.39 is 0 Å². The Balaban J connectivity index is 2.10. The van der Waals surface area contributed by atoms with Crippen molar-refractivity contribution in [1.29, 1.82) is 0 Å². The van der Waals surface area contributed by atoms with Crippen LogP contribution in [0.1, 0.15) is 50.7 Å². The minimum atomic E-state index is 0.0335. The van der Waals surface area contributed by atoms with Crippen LogP contribution in [0.2, 0.25) is 0 Å². The van der Waals surface area contributed by atoms with Gasteiger partial charge in [-0.15, -0.1) is 0 Å². The molecule has 18 heavy (non-hydrogen) atoms. The SMILES string of the molecule is CCC(N)C(OC1CCCC1)c1ccc(Br)cc1. The molecule has 1 aliphatic carbocycles. The lowest BCUT2D eigenvalue weighted by atomic mass is 10.0. The average molecular weight is 312 g/mol. The first-order chi connectivity index (χ1) is 8.70. The highest BCUT2D eigenvalue weighted by atomic mass is 79.9. The molecule has 0 aliphatic heterocycles. The topological polar surface area (TPSA) is 35.2 Å². The lowest BCUT2D eigenvalue weighted by Gasteiger charge is -2.27. The first-order valence-corrected chi connectivity index (χ1v) is 7.66. The summed E-state index contributed by atoms with van der Waals surface area (Å²) in [5, 5.41) is 0. The summed E-state index contributed by atoms with van der Waals surface area (Å²) in [6.07, 6.45) is 6.32. The molecular weight excluding hydrogens is 290 g/mol. The van der Waals surface area contributed by atoms with E-state index in [2.05, 4.69) is 47.1 Å². The first kappa shape index (κ1) is 14.0. The standard InChI is InChI=1S/C15H22BrNO/c1-2-14(17)15(18-13-5-3-4-6-13)11-7-9-12(16)10-8-11/h7-10,13-15H,2-6,17H2,1H3. The molecule has 2 nitrogen and oxygen atoms in total. The van der Waals surface area contributed by atoms with Gasteiger partial charge in [0.05, 0.1) is 12.2 Å². The molecule has 1 aromatic carbocycles. The Bertz CT molecular complexity index is 359. The molecule has 100 valence electrons. The van der Waals surface area contributed by atoms with E-state index in [9.17, 15) is 0 Å². The third-order valence-corrected chi connectivity index (χ3v) is 4.23. The Labute approximate surface area is 118 Å². The van der Waals surface area contributed by atoms with Gasteiger partial charge >= 0.3 is 0 Å². The highest BCUT2D eigenvalue weighted by Gasteiger charge is 2.25. The van der Waals surface area contributed by atoms with Crippen LogP contribution in [0.5, 0.6) is 0 Å². The number of halogens is 1. The molecule has 0 spiro atoms. The van der Waals surface area contributed by atoms with Gasteiger partial charge in [0.2, 0.25) is 0 Å². The van der Waals surface area contributed by atoms with Crippen molar-refractivity contribution in [2.24, 2.45) is 5.73 Å². The first-order valence-electron chi connectivity index (χ1n) is 6.87. The quantitative estimate of drug-likeness (QED) is 0.885. The summed E-state index contributed by atoms with van der Waals surface area (Å²) >= 11 is 3.46. The maximum Gasteiger partial charge on any atom is 0.0979 e. The zero-order valence-electron chi connectivity index (χ0n) is 10.9. The smallest absolute Gasteiger partial charge is 0.0979 e. The van der Waals surface area contributed by atoms with Gasteiger partial charge in [-0.2, -0.15) is 0 Å². The predicted octanol–water partition coefficient (Wildman–Crippen LogP) is 4.19. The number of nitrogens with two attached hydrogens (primary N) is 1. The lowest BCUT2D eigenvalue weighted by Crippen LogP contribution is -2.31. The van der Waals surface area contributed by atoms with Crippen LogP contribution in [0.3, 0.4) is 0 Å². The fraction of sp³-hybridized carbons (Fsp3) is 0.600. The third kappa shape index (κ3) is 3.56. The van der Waals surface area contributed by atoms with Gasteiger partial charge in [-0.25, -0.2) is 0 Å². The van der Waals surface area contributed by atoms with Crippen molar-refractivity contribution >= 4 is 15.9 Å². The van der Waals surface area contributed by atoms with Crippen LogP contribution in [0, 0.1) is 0 Å². The van der Waals surface area contributed by atoms with E-state index in [0.29, 0.717) is 6.10 Å². The molecular formula is C15H22BrNO. The molecule has 0 amide bonds. The summed E-state index contributed by atoms with van der Waals surface area (Å²) in [7, 11) is 0. The second-order valence-electron chi connectivity index (χ2n) is 5.09. The van der Waals surface area contributed by atoms with Crippen LogP contribution in [0.4, 0.5) is 0 Å². The highest BCUT2D eigenvalue weighted by Crippen LogP contribution is 2.30. The molecule has 1 fully saturated rings. The number of hydrogen-bond acceptors (Lipinski definition) is 2. The van der Waals surface area contributed by atoms with Crippen molar-refractivity contribution in [1.82, 2.24) is 0 Å². The fourth-order valence-corrected chi connectivity index (χ4v) is 2.79. The Morgan fingerprint density at radius 3 is 2.44 bits per heavy atom. The van der Waals surface area contributed by atoms with Crippen molar-refractivity contribution in [2.75, 3.05) is 0 Å². The van der Waals surface area contributed by atoms with E-state index in [1.807, 2.05) is 0 Å². The molecule has 2 N–H and O–H groups in total. The molecule has 1 aliphatic rings. The maximum absolute atomic E-state index is 6.25. The second-order valence-corrected chi connectivity index (χ2v) is 6.00. The van der Waals surface area contributed by atoms with Crippen molar-refractivity contribution in [3.8, 4) is 0 Å². The minimum absolute atomic E-state index is 0.0335. The van der Waals surface area contributed by atoms with Crippen LogP contribution >= 0.6 is 15.9 Å². The third-order valence-electron chi connectivity index (χ3n) is 3.70. The predicted molar refractivity (Wildman–Crippen MR) is 78.5 cm³/mol. The summed E-state index contributed by atoms with van der Waals surface area (Å²) in [6.45, 7) is 2.12. The summed E-state index contributed by atoms with van der Waals surface area (Å²) in [6, 6.07) is 8.41. The average Bonchev–Trinajstić information content (AvgIpc) is 2.89. The number of rotatable bonds is 5. The van der Waals surface area contributed by atoms with Crippen LogP contribution in [-0.2, 0) is 4.74 Å². The molecule has 2 unspecified atom stereocenters. The zero-order chi connectivity index (χ0) is 13.0. The summed E-state index contributed by atoms with van der Waals surface area (Å²) in [5.74, 6) is 0.